The summed E-state index contributed by atoms with van der Waals surface area (Å²) >= 11 is 0. The summed E-state index contributed by atoms with van der Waals surface area (Å²) in [6.07, 6.45) is 0. The minimum absolute atomic E-state index is 0.0301. The third-order valence-electron chi connectivity index (χ3n) is 2.83. The van der Waals surface area contributed by atoms with Gasteiger partial charge < -0.3 is 10.2 Å². The molecule has 18 heavy (non-hydrogen) atoms. The van der Waals surface area contributed by atoms with E-state index >= 15 is 0 Å². The maximum atomic E-state index is 11.9. The summed E-state index contributed by atoms with van der Waals surface area (Å²) in [5.41, 5.74) is 0. The Morgan fingerprint density at radius 1 is 1.44 bits per heavy atom. The number of tetrazole rings is 1. The summed E-state index contributed by atoms with van der Waals surface area (Å²) in [4.78, 5) is 26.6. The molecular weight excluding hydrogens is 236 g/mol. The van der Waals surface area contributed by atoms with Gasteiger partial charge in [-0.3, -0.25) is 9.59 Å². The molecule has 1 unspecified atom stereocenters. The van der Waals surface area contributed by atoms with Crippen LogP contribution in [0.15, 0.2) is 0 Å². The molecule has 1 atom stereocenters. The number of aryl methyl sites for hydroxylation is 1. The predicted octanol–water partition coefficient (Wildman–Crippen LogP) is -1.31. The first-order valence-electron chi connectivity index (χ1n) is 5.79. The highest BCUT2D eigenvalue weighted by molar-refractivity contribution is 5.94. The molecule has 2 rings (SSSR count). The Kier molecular flexibility index (Phi) is 3.26. The van der Waals surface area contributed by atoms with Crippen LogP contribution in [0.1, 0.15) is 19.7 Å². The SMILES string of the molecule is CC(C)C1C(=O)NCC(=O)N1Cc1nnn(C)n1. The molecule has 0 bridgehead atoms. The van der Waals surface area contributed by atoms with E-state index in [9.17, 15) is 9.59 Å². The van der Waals surface area contributed by atoms with Crippen molar-refractivity contribution >= 4 is 11.8 Å². The summed E-state index contributed by atoms with van der Waals surface area (Å²) < 4.78 is 0. The summed E-state index contributed by atoms with van der Waals surface area (Å²) in [5.74, 6) is 0.214. The Hall–Kier alpha value is -1.99. The minimum atomic E-state index is -0.477. The monoisotopic (exact) mass is 252 g/mol. The lowest BCUT2D eigenvalue weighted by molar-refractivity contribution is -0.148. The van der Waals surface area contributed by atoms with Crippen LogP contribution in [0.2, 0.25) is 0 Å². The van der Waals surface area contributed by atoms with Crippen LogP contribution in [0.4, 0.5) is 0 Å². The number of aromatic nitrogens is 4. The second kappa shape index (κ2) is 4.71. The van der Waals surface area contributed by atoms with Gasteiger partial charge in [-0.1, -0.05) is 13.8 Å². The van der Waals surface area contributed by atoms with Crippen molar-refractivity contribution in [2.24, 2.45) is 13.0 Å². The van der Waals surface area contributed by atoms with Crippen molar-refractivity contribution in [3.05, 3.63) is 5.82 Å². The van der Waals surface area contributed by atoms with Crippen molar-refractivity contribution in [2.75, 3.05) is 6.54 Å². The quantitative estimate of drug-likeness (QED) is 0.721. The molecule has 1 N–H and O–H groups in total. The average molecular weight is 252 g/mol. The first-order chi connectivity index (χ1) is 8.49. The van der Waals surface area contributed by atoms with E-state index in [1.807, 2.05) is 13.8 Å². The number of hydrogen-bond donors (Lipinski definition) is 1. The lowest BCUT2D eigenvalue weighted by Crippen LogP contribution is -2.59. The zero-order valence-electron chi connectivity index (χ0n) is 10.6. The Bertz CT molecular complexity index is 469. The number of amides is 2. The van der Waals surface area contributed by atoms with Crippen molar-refractivity contribution < 1.29 is 9.59 Å². The van der Waals surface area contributed by atoms with Crippen LogP contribution in [0.3, 0.4) is 0 Å². The van der Waals surface area contributed by atoms with Gasteiger partial charge in [-0.05, 0) is 11.1 Å². The van der Waals surface area contributed by atoms with Crippen LogP contribution < -0.4 is 5.32 Å². The van der Waals surface area contributed by atoms with E-state index in [2.05, 4.69) is 20.7 Å². The van der Waals surface area contributed by atoms with Gasteiger partial charge in [0.2, 0.25) is 11.8 Å². The van der Waals surface area contributed by atoms with E-state index in [1.165, 1.54) is 9.70 Å². The Labute approximate surface area is 104 Å². The predicted molar refractivity (Wildman–Crippen MR) is 61.0 cm³/mol. The zero-order valence-corrected chi connectivity index (χ0v) is 10.6. The van der Waals surface area contributed by atoms with Gasteiger partial charge in [0, 0.05) is 0 Å². The second-order valence-electron chi connectivity index (χ2n) is 4.62. The van der Waals surface area contributed by atoms with Gasteiger partial charge >= 0.3 is 0 Å². The molecule has 98 valence electrons. The largest absolute Gasteiger partial charge is 0.345 e. The fourth-order valence-electron chi connectivity index (χ4n) is 2.05. The van der Waals surface area contributed by atoms with E-state index < -0.39 is 6.04 Å². The fourth-order valence-corrected chi connectivity index (χ4v) is 2.05. The highest BCUT2D eigenvalue weighted by Gasteiger charge is 2.37. The maximum Gasteiger partial charge on any atom is 0.243 e. The van der Waals surface area contributed by atoms with Gasteiger partial charge in [0.1, 0.15) is 6.04 Å². The number of rotatable bonds is 3. The molecule has 0 aliphatic carbocycles. The van der Waals surface area contributed by atoms with Gasteiger partial charge in [-0.15, -0.1) is 10.2 Å². The van der Waals surface area contributed by atoms with Gasteiger partial charge in [-0.2, -0.15) is 4.80 Å². The molecule has 8 heteroatoms. The van der Waals surface area contributed by atoms with Crippen LogP contribution in [-0.4, -0.2) is 49.5 Å². The number of hydrogen-bond acceptors (Lipinski definition) is 5. The van der Waals surface area contributed by atoms with Crippen molar-refractivity contribution in [2.45, 2.75) is 26.4 Å². The molecule has 1 aromatic heterocycles. The van der Waals surface area contributed by atoms with E-state index in [-0.39, 0.29) is 30.8 Å². The smallest absolute Gasteiger partial charge is 0.243 e. The lowest BCUT2D eigenvalue weighted by Gasteiger charge is -2.36. The molecule has 8 nitrogen and oxygen atoms in total. The summed E-state index contributed by atoms with van der Waals surface area (Å²) in [6, 6.07) is -0.477. The molecule has 1 aliphatic rings. The normalized spacial score (nSPS) is 20.4. The Balaban J connectivity index is 2.20. The summed E-state index contributed by atoms with van der Waals surface area (Å²) in [7, 11) is 1.65. The number of carbonyl (C=O) groups is 2. The molecule has 1 saturated heterocycles. The van der Waals surface area contributed by atoms with Crippen LogP contribution in [0.5, 0.6) is 0 Å². The first kappa shape index (κ1) is 12.5. The molecule has 0 saturated carbocycles. The molecule has 0 radical (unpaired) electrons. The number of carbonyl (C=O) groups excluding carboxylic acids is 2. The molecule has 1 aromatic rings. The standard InChI is InChI=1S/C10H16N6O2/c1-6(2)9-10(18)11-4-8(17)16(9)5-7-12-14-15(3)13-7/h6,9H,4-5H2,1-3H3,(H,11,18). The molecular formula is C10H16N6O2. The second-order valence-corrected chi connectivity index (χ2v) is 4.62. The molecule has 2 amide bonds. The van der Waals surface area contributed by atoms with Crippen LogP contribution >= 0.6 is 0 Å². The first-order valence-corrected chi connectivity index (χ1v) is 5.79. The van der Waals surface area contributed by atoms with Gasteiger partial charge in [0.25, 0.3) is 0 Å². The zero-order chi connectivity index (χ0) is 13.3. The lowest BCUT2D eigenvalue weighted by atomic mass is 9.99. The third-order valence-corrected chi connectivity index (χ3v) is 2.83. The molecule has 0 spiro atoms. The van der Waals surface area contributed by atoms with Crippen molar-refractivity contribution in [1.29, 1.82) is 0 Å². The Morgan fingerprint density at radius 2 is 2.17 bits per heavy atom. The van der Waals surface area contributed by atoms with E-state index in [1.54, 1.807) is 7.05 Å². The van der Waals surface area contributed by atoms with Crippen LogP contribution in [0, 0.1) is 5.92 Å². The molecule has 1 fully saturated rings. The van der Waals surface area contributed by atoms with Gasteiger partial charge in [-0.25, -0.2) is 0 Å². The van der Waals surface area contributed by atoms with Gasteiger partial charge in [0.05, 0.1) is 20.1 Å². The number of nitrogens with one attached hydrogen (secondary N) is 1. The van der Waals surface area contributed by atoms with Gasteiger partial charge in [0.15, 0.2) is 5.82 Å². The van der Waals surface area contributed by atoms with E-state index in [0.29, 0.717) is 5.82 Å². The summed E-state index contributed by atoms with van der Waals surface area (Å²) in [6.45, 7) is 4.05. The van der Waals surface area contributed by atoms with Crippen molar-refractivity contribution in [3.63, 3.8) is 0 Å². The fraction of sp³-hybridized carbons (Fsp3) is 0.700. The van der Waals surface area contributed by atoms with E-state index in [4.69, 9.17) is 0 Å². The van der Waals surface area contributed by atoms with Crippen LogP contribution in [0.25, 0.3) is 0 Å². The highest BCUT2D eigenvalue weighted by atomic mass is 16.2. The highest BCUT2D eigenvalue weighted by Crippen LogP contribution is 2.16. The van der Waals surface area contributed by atoms with Crippen molar-refractivity contribution in [1.82, 2.24) is 30.4 Å². The molecule has 2 heterocycles. The van der Waals surface area contributed by atoms with Crippen LogP contribution in [-0.2, 0) is 23.2 Å². The molecule has 1 aliphatic heterocycles. The summed E-state index contributed by atoms with van der Waals surface area (Å²) in [5, 5.41) is 14.2. The average Bonchev–Trinajstić information content (AvgIpc) is 2.69. The third kappa shape index (κ3) is 2.31. The number of nitrogens with zero attached hydrogens (tertiary/aromatic N) is 5. The number of piperazine rings is 1. The van der Waals surface area contributed by atoms with E-state index in [0.717, 1.165) is 0 Å². The minimum Gasteiger partial charge on any atom is -0.345 e. The molecule has 0 aromatic carbocycles. The maximum absolute atomic E-state index is 11.9. The Morgan fingerprint density at radius 3 is 2.72 bits per heavy atom. The van der Waals surface area contributed by atoms with Crippen molar-refractivity contribution in [3.8, 4) is 0 Å². The topological polar surface area (TPSA) is 93.0 Å².